The Bertz CT molecular complexity index is 281. The minimum Gasteiger partial charge on any atom is -0.366 e. The van der Waals surface area contributed by atoms with Crippen molar-refractivity contribution in [1.29, 1.82) is 0 Å². The van der Waals surface area contributed by atoms with Crippen LogP contribution >= 0.6 is 0 Å². The first-order chi connectivity index (χ1) is 5.65. The maximum Gasteiger partial charge on any atom is 0.251 e. The van der Waals surface area contributed by atoms with Gasteiger partial charge in [-0.2, -0.15) is 5.10 Å². The fourth-order valence-corrected chi connectivity index (χ4v) is 0.814. The molecular weight excluding hydrogens is 156 g/mol. The Hall–Kier alpha value is -1.36. The smallest absolute Gasteiger partial charge is 0.251 e. The topological polar surface area (TPSA) is 86.9 Å². The molecule has 0 saturated carbocycles. The number of nitrogens with zero attached hydrogens (tertiary/aromatic N) is 2. The number of amides is 1. The molecule has 0 saturated heterocycles. The molecular formula is C7H12N4O. The predicted molar refractivity (Wildman–Crippen MR) is 44.5 cm³/mol. The number of nitrogens with two attached hydrogens (primary N) is 2. The molecule has 66 valence electrons. The van der Waals surface area contributed by atoms with E-state index in [-0.39, 0.29) is 6.04 Å². The average molecular weight is 168 g/mol. The van der Waals surface area contributed by atoms with Crippen LogP contribution in [0.25, 0.3) is 0 Å². The van der Waals surface area contributed by atoms with Crippen LogP contribution in [0.5, 0.6) is 0 Å². The zero-order valence-electron chi connectivity index (χ0n) is 6.90. The number of primary amides is 1. The first-order valence-electron chi connectivity index (χ1n) is 3.69. The van der Waals surface area contributed by atoms with E-state index in [1.54, 1.807) is 10.9 Å². The maximum atomic E-state index is 10.7. The minimum atomic E-state index is -0.467. The van der Waals surface area contributed by atoms with Crippen molar-refractivity contribution in [3.8, 4) is 0 Å². The second-order valence-corrected chi connectivity index (χ2v) is 2.66. The molecule has 0 aromatic carbocycles. The highest BCUT2D eigenvalue weighted by atomic mass is 16.1. The van der Waals surface area contributed by atoms with Crippen LogP contribution in [0.15, 0.2) is 12.4 Å². The zero-order valence-corrected chi connectivity index (χ0v) is 6.90. The van der Waals surface area contributed by atoms with Gasteiger partial charge in [-0.25, -0.2) is 0 Å². The van der Waals surface area contributed by atoms with Gasteiger partial charge in [-0.05, 0) is 6.92 Å². The van der Waals surface area contributed by atoms with Crippen molar-refractivity contribution in [2.45, 2.75) is 13.0 Å². The Balaban J connectivity index is 2.84. The second-order valence-electron chi connectivity index (χ2n) is 2.66. The van der Waals surface area contributed by atoms with Crippen molar-refractivity contribution in [1.82, 2.24) is 9.78 Å². The molecule has 4 N–H and O–H groups in total. The third-order valence-corrected chi connectivity index (χ3v) is 1.68. The van der Waals surface area contributed by atoms with Gasteiger partial charge in [-0.1, -0.05) is 0 Å². The summed E-state index contributed by atoms with van der Waals surface area (Å²) in [5, 5.41) is 3.94. The number of hydrogen-bond donors (Lipinski definition) is 2. The first kappa shape index (κ1) is 8.73. The fraction of sp³-hybridized carbons (Fsp3) is 0.429. The molecule has 0 aliphatic rings. The van der Waals surface area contributed by atoms with Crippen LogP contribution in [0.3, 0.4) is 0 Å². The monoisotopic (exact) mass is 168 g/mol. The van der Waals surface area contributed by atoms with E-state index in [0.29, 0.717) is 12.1 Å². The van der Waals surface area contributed by atoms with Gasteiger partial charge in [0.15, 0.2) is 0 Å². The van der Waals surface area contributed by atoms with E-state index >= 15 is 0 Å². The molecule has 0 fully saturated rings. The third-order valence-electron chi connectivity index (χ3n) is 1.68. The van der Waals surface area contributed by atoms with Gasteiger partial charge in [-0.15, -0.1) is 0 Å². The van der Waals surface area contributed by atoms with Crippen molar-refractivity contribution in [2.24, 2.45) is 11.5 Å². The van der Waals surface area contributed by atoms with Gasteiger partial charge in [0.2, 0.25) is 0 Å². The van der Waals surface area contributed by atoms with Crippen LogP contribution in [0.1, 0.15) is 23.3 Å². The molecule has 0 radical (unpaired) electrons. The number of hydrogen-bond acceptors (Lipinski definition) is 3. The lowest BCUT2D eigenvalue weighted by Gasteiger charge is -2.07. The van der Waals surface area contributed by atoms with E-state index in [1.807, 2.05) is 6.92 Å². The van der Waals surface area contributed by atoms with Gasteiger partial charge in [-0.3, -0.25) is 9.48 Å². The Labute approximate surface area is 70.3 Å². The fourth-order valence-electron chi connectivity index (χ4n) is 0.814. The van der Waals surface area contributed by atoms with Crippen molar-refractivity contribution >= 4 is 5.91 Å². The molecule has 1 rings (SSSR count). The van der Waals surface area contributed by atoms with Gasteiger partial charge in [0.25, 0.3) is 5.91 Å². The van der Waals surface area contributed by atoms with Crippen molar-refractivity contribution in [3.05, 3.63) is 18.0 Å². The number of aromatic nitrogens is 2. The van der Waals surface area contributed by atoms with Gasteiger partial charge < -0.3 is 11.5 Å². The molecule has 0 aliphatic carbocycles. The van der Waals surface area contributed by atoms with E-state index < -0.39 is 5.91 Å². The third kappa shape index (κ3) is 1.62. The normalized spacial score (nSPS) is 12.8. The summed E-state index contributed by atoms with van der Waals surface area (Å²) in [7, 11) is 0. The SMILES string of the molecule is CC(CN)n1cc(C(N)=O)cn1. The summed E-state index contributed by atoms with van der Waals surface area (Å²) in [5.41, 5.74) is 10.9. The largest absolute Gasteiger partial charge is 0.366 e. The molecule has 1 aromatic rings. The molecule has 0 spiro atoms. The van der Waals surface area contributed by atoms with Gasteiger partial charge in [0.05, 0.1) is 17.8 Å². The van der Waals surface area contributed by atoms with Gasteiger partial charge >= 0.3 is 0 Å². The van der Waals surface area contributed by atoms with E-state index in [1.165, 1.54) is 6.20 Å². The summed E-state index contributed by atoms with van der Waals surface area (Å²) in [6.45, 7) is 2.40. The lowest BCUT2D eigenvalue weighted by molar-refractivity contribution is 0.1000. The van der Waals surface area contributed by atoms with Crippen molar-refractivity contribution < 1.29 is 4.79 Å². The van der Waals surface area contributed by atoms with Crippen LogP contribution in [-0.2, 0) is 0 Å². The molecule has 5 nitrogen and oxygen atoms in total. The lowest BCUT2D eigenvalue weighted by Crippen LogP contribution is -2.16. The van der Waals surface area contributed by atoms with Crippen LogP contribution in [0.4, 0.5) is 0 Å². The lowest BCUT2D eigenvalue weighted by atomic mass is 10.3. The summed E-state index contributed by atoms with van der Waals surface area (Å²) in [4.78, 5) is 10.7. The van der Waals surface area contributed by atoms with E-state index in [2.05, 4.69) is 5.10 Å². The molecule has 1 heterocycles. The molecule has 1 unspecified atom stereocenters. The van der Waals surface area contributed by atoms with Crippen LogP contribution in [0, 0.1) is 0 Å². The molecule has 1 atom stereocenters. The molecule has 0 bridgehead atoms. The molecule has 5 heteroatoms. The van der Waals surface area contributed by atoms with E-state index in [9.17, 15) is 4.79 Å². The molecule has 1 amide bonds. The highest BCUT2D eigenvalue weighted by Gasteiger charge is 2.07. The van der Waals surface area contributed by atoms with E-state index in [4.69, 9.17) is 11.5 Å². The minimum absolute atomic E-state index is 0.0955. The number of carbonyl (C=O) groups excluding carboxylic acids is 1. The molecule has 12 heavy (non-hydrogen) atoms. The average Bonchev–Trinajstić information content (AvgIpc) is 2.51. The second kappa shape index (κ2) is 3.36. The standard InChI is InChI=1S/C7H12N4O/c1-5(2-8)11-4-6(3-10-11)7(9)12/h3-5H,2,8H2,1H3,(H2,9,12). The Morgan fingerprint density at radius 1 is 1.83 bits per heavy atom. The number of rotatable bonds is 3. The zero-order chi connectivity index (χ0) is 9.14. The van der Waals surface area contributed by atoms with E-state index in [0.717, 1.165) is 0 Å². The summed E-state index contributed by atoms with van der Waals surface area (Å²) in [5.74, 6) is -0.467. The highest BCUT2D eigenvalue weighted by Crippen LogP contribution is 2.03. The van der Waals surface area contributed by atoms with Gasteiger partial charge in [0, 0.05) is 12.7 Å². The Kier molecular flexibility index (Phi) is 2.44. The van der Waals surface area contributed by atoms with Crippen molar-refractivity contribution in [2.75, 3.05) is 6.54 Å². The summed E-state index contributed by atoms with van der Waals surface area (Å²) in [6.07, 6.45) is 3.04. The molecule has 0 aliphatic heterocycles. The first-order valence-corrected chi connectivity index (χ1v) is 3.69. The van der Waals surface area contributed by atoms with Crippen LogP contribution < -0.4 is 11.5 Å². The Morgan fingerprint density at radius 3 is 2.92 bits per heavy atom. The quantitative estimate of drug-likeness (QED) is 0.638. The van der Waals surface area contributed by atoms with Crippen molar-refractivity contribution in [3.63, 3.8) is 0 Å². The van der Waals surface area contributed by atoms with Gasteiger partial charge in [0.1, 0.15) is 0 Å². The predicted octanol–water partition coefficient (Wildman–Crippen LogP) is -0.498. The Morgan fingerprint density at radius 2 is 2.50 bits per heavy atom. The summed E-state index contributed by atoms with van der Waals surface area (Å²) >= 11 is 0. The summed E-state index contributed by atoms with van der Waals surface area (Å²) < 4.78 is 1.63. The number of carbonyl (C=O) groups is 1. The van der Waals surface area contributed by atoms with Crippen LogP contribution in [-0.4, -0.2) is 22.2 Å². The highest BCUT2D eigenvalue weighted by molar-refractivity contribution is 5.92. The maximum absolute atomic E-state index is 10.7. The van der Waals surface area contributed by atoms with Crippen LogP contribution in [0.2, 0.25) is 0 Å². The molecule has 1 aromatic heterocycles. The summed E-state index contributed by atoms with van der Waals surface area (Å²) in [6, 6.07) is 0.0955.